The number of hydrogen-bond donors (Lipinski definition) is 2. The fourth-order valence-corrected chi connectivity index (χ4v) is 4.95. The number of unbranched alkanes of at least 4 members (excludes halogenated alkanes) is 2. The van der Waals surface area contributed by atoms with Gasteiger partial charge < -0.3 is 20.4 Å². The van der Waals surface area contributed by atoms with E-state index in [2.05, 4.69) is 71.2 Å². The van der Waals surface area contributed by atoms with Crippen molar-refractivity contribution in [1.82, 2.24) is 19.8 Å². The minimum Gasteiger partial charge on any atom is -0.492 e. The van der Waals surface area contributed by atoms with Gasteiger partial charge in [-0.15, -0.1) is 0 Å². The first-order chi connectivity index (χ1) is 17.1. The Labute approximate surface area is 208 Å². The quantitative estimate of drug-likeness (QED) is 0.323. The van der Waals surface area contributed by atoms with Gasteiger partial charge in [-0.3, -0.25) is 4.90 Å². The summed E-state index contributed by atoms with van der Waals surface area (Å²) in [5.74, 6) is 0.917. The van der Waals surface area contributed by atoms with Gasteiger partial charge in [-0.1, -0.05) is 38.0 Å². The van der Waals surface area contributed by atoms with E-state index in [9.17, 15) is 0 Å². The average Bonchev–Trinajstić information content (AvgIpc) is 3.24. The van der Waals surface area contributed by atoms with E-state index in [-0.39, 0.29) is 0 Å². The van der Waals surface area contributed by atoms with Gasteiger partial charge in [0.05, 0.1) is 0 Å². The number of ether oxygens (including phenoxy) is 1. The average molecular weight is 472 g/mol. The van der Waals surface area contributed by atoms with Gasteiger partial charge in [-0.2, -0.15) is 0 Å². The number of aromatic amines is 1. The van der Waals surface area contributed by atoms with Crippen LogP contribution in [0.4, 0.5) is 5.69 Å². The standard InChI is InChI=1S/C29H37N5O/c1-3-4-5-6-23-20-26(30)28-25-19-22(9-12-27(25)32-29(28)31-23)21-7-10-24(11-8-21)35-18-17-34-15-13-33(2)14-16-34/h7-12,19-20H,3-6,13-18H2,1-2H3,(H3,30,31,32). The molecule has 35 heavy (non-hydrogen) atoms. The third-order valence-electron chi connectivity index (χ3n) is 7.14. The largest absolute Gasteiger partial charge is 0.492 e. The van der Waals surface area contributed by atoms with Crippen LogP contribution in [0.2, 0.25) is 0 Å². The molecule has 6 heteroatoms. The SMILES string of the molecule is CCCCCc1cc(N)c2c(n1)[nH]c1ccc(-c3ccc(OCCN4CCN(C)CC4)cc3)cc12. The number of pyridine rings is 1. The zero-order chi connectivity index (χ0) is 24.2. The predicted molar refractivity (Wildman–Crippen MR) is 146 cm³/mol. The summed E-state index contributed by atoms with van der Waals surface area (Å²) >= 11 is 0. The molecule has 0 saturated carbocycles. The van der Waals surface area contributed by atoms with Crippen LogP contribution in [0.3, 0.4) is 0 Å². The van der Waals surface area contributed by atoms with Crippen molar-refractivity contribution in [2.75, 3.05) is 52.1 Å². The smallest absolute Gasteiger partial charge is 0.140 e. The van der Waals surface area contributed by atoms with Crippen LogP contribution in [0.5, 0.6) is 5.75 Å². The summed E-state index contributed by atoms with van der Waals surface area (Å²) in [6.45, 7) is 8.43. The van der Waals surface area contributed by atoms with Crippen molar-refractivity contribution in [2.24, 2.45) is 0 Å². The second-order valence-electron chi connectivity index (χ2n) is 9.79. The Kier molecular flexibility index (Phi) is 7.21. The molecule has 184 valence electrons. The Morgan fingerprint density at radius 2 is 1.74 bits per heavy atom. The third kappa shape index (κ3) is 5.44. The normalized spacial score (nSPS) is 15.3. The lowest BCUT2D eigenvalue weighted by Gasteiger charge is -2.32. The number of hydrogen-bond acceptors (Lipinski definition) is 5. The maximum atomic E-state index is 6.51. The van der Waals surface area contributed by atoms with Crippen LogP contribution in [-0.4, -0.2) is 66.1 Å². The van der Waals surface area contributed by atoms with Gasteiger partial charge in [0.25, 0.3) is 0 Å². The van der Waals surface area contributed by atoms with Gasteiger partial charge in [-0.05, 0) is 61.3 Å². The Morgan fingerprint density at radius 1 is 0.971 bits per heavy atom. The summed E-state index contributed by atoms with van der Waals surface area (Å²) in [6.07, 6.45) is 4.54. The number of anilines is 1. The lowest BCUT2D eigenvalue weighted by molar-refractivity contribution is 0.134. The molecule has 0 aliphatic carbocycles. The molecule has 1 aliphatic rings. The number of nitrogens with two attached hydrogens (primary N) is 1. The van der Waals surface area contributed by atoms with E-state index in [4.69, 9.17) is 15.5 Å². The molecular weight excluding hydrogens is 434 g/mol. The molecule has 3 N–H and O–H groups in total. The lowest BCUT2D eigenvalue weighted by Crippen LogP contribution is -2.45. The molecule has 0 spiro atoms. The summed E-state index contributed by atoms with van der Waals surface area (Å²) in [7, 11) is 2.18. The first-order valence-corrected chi connectivity index (χ1v) is 13.0. The number of likely N-dealkylation sites (N-methyl/N-ethyl adjacent to an activating group) is 1. The number of aryl methyl sites for hydroxylation is 1. The van der Waals surface area contributed by atoms with Crippen molar-refractivity contribution in [2.45, 2.75) is 32.6 Å². The number of H-pyrrole nitrogens is 1. The van der Waals surface area contributed by atoms with Crippen LogP contribution in [-0.2, 0) is 6.42 Å². The van der Waals surface area contributed by atoms with Gasteiger partial charge in [0.2, 0.25) is 0 Å². The minimum atomic E-state index is 0.719. The van der Waals surface area contributed by atoms with Gasteiger partial charge >= 0.3 is 0 Å². The molecular formula is C29H37N5O. The van der Waals surface area contributed by atoms with Crippen molar-refractivity contribution in [1.29, 1.82) is 0 Å². The molecule has 2 aromatic carbocycles. The summed E-state index contributed by atoms with van der Waals surface area (Å²) in [4.78, 5) is 13.2. The molecule has 4 aromatic rings. The molecule has 0 unspecified atom stereocenters. The topological polar surface area (TPSA) is 70.4 Å². The molecule has 1 aliphatic heterocycles. The molecule has 0 atom stereocenters. The molecule has 0 bridgehead atoms. The number of aromatic nitrogens is 2. The Hall–Kier alpha value is -3.09. The zero-order valence-electron chi connectivity index (χ0n) is 21.0. The van der Waals surface area contributed by atoms with E-state index in [1.807, 2.05) is 6.07 Å². The highest BCUT2D eigenvalue weighted by molar-refractivity contribution is 6.12. The molecule has 1 fully saturated rings. The van der Waals surface area contributed by atoms with Crippen molar-refractivity contribution >= 4 is 27.6 Å². The molecule has 6 nitrogen and oxygen atoms in total. The number of rotatable bonds is 9. The minimum absolute atomic E-state index is 0.719. The maximum absolute atomic E-state index is 6.51. The number of benzene rings is 2. The van der Waals surface area contributed by atoms with Crippen LogP contribution in [0, 0.1) is 0 Å². The van der Waals surface area contributed by atoms with Crippen LogP contribution in [0.1, 0.15) is 31.9 Å². The predicted octanol–water partition coefficient (Wildman–Crippen LogP) is 5.32. The highest BCUT2D eigenvalue weighted by Gasteiger charge is 2.14. The van der Waals surface area contributed by atoms with E-state index >= 15 is 0 Å². The summed E-state index contributed by atoms with van der Waals surface area (Å²) in [6, 6.07) is 16.9. The van der Waals surface area contributed by atoms with Crippen molar-refractivity contribution in [3.63, 3.8) is 0 Å². The second-order valence-corrected chi connectivity index (χ2v) is 9.79. The third-order valence-corrected chi connectivity index (χ3v) is 7.14. The Balaban J connectivity index is 1.29. The molecule has 0 amide bonds. The van der Waals surface area contributed by atoms with Gasteiger partial charge in [0.1, 0.15) is 18.0 Å². The summed E-state index contributed by atoms with van der Waals surface area (Å²) < 4.78 is 6.02. The second kappa shape index (κ2) is 10.7. The van der Waals surface area contributed by atoms with Crippen molar-refractivity contribution in [3.8, 4) is 16.9 Å². The van der Waals surface area contributed by atoms with Crippen molar-refractivity contribution in [3.05, 3.63) is 54.2 Å². The number of piperazine rings is 1. The number of nitrogens with one attached hydrogen (secondary N) is 1. The van der Waals surface area contributed by atoms with E-state index in [0.29, 0.717) is 0 Å². The maximum Gasteiger partial charge on any atom is 0.140 e. The van der Waals surface area contributed by atoms with E-state index < -0.39 is 0 Å². The van der Waals surface area contributed by atoms with E-state index in [0.717, 1.165) is 102 Å². The van der Waals surface area contributed by atoms with Crippen LogP contribution >= 0.6 is 0 Å². The molecule has 1 saturated heterocycles. The van der Waals surface area contributed by atoms with E-state index in [1.54, 1.807) is 0 Å². The van der Waals surface area contributed by atoms with Gasteiger partial charge in [0, 0.05) is 60.4 Å². The van der Waals surface area contributed by atoms with Crippen molar-refractivity contribution < 1.29 is 4.74 Å². The Morgan fingerprint density at radius 3 is 2.51 bits per heavy atom. The Bertz CT molecular complexity index is 1270. The van der Waals surface area contributed by atoms with Crippen LogP contribution < -0.4 is 10.5 Å². The molecule has 0 radical (unpaired) electrons. The zero-order valence-corrected chi connectivity index (χ0v) is 21.0. The fraction of sp³-hybridized carbons (Fsp3) is 0.414. The highest BCUT2D eigenvalue weighted by Crippen LogP contribution is 2.33. The molecule has 5 rings (SSSR count). The number of nitrogen functional groups attached to an aromatic ring is 1. The summed E-state index contributed by atoms with van der Waals surface area (Å²) in [5.41, 5.74) is 12.6. The number of fused-ring (bicyclic) bond motifs is 3. The molecule has 2 aromatic heterocycles. The van der Waals surface area contributed by atoms with Gasteiger partial charge in [0.15, 0.2) is 0 Å². The van der Waals surface area contributed by atoms with Gasteiger partial charge in [-0.25, -0.2) is 4.98 Å². The molecule has 3 heterocycles. The highest BCUT2D eigenvalue weighted by atomic mass is 16.5. The monoisotopic (exact) mass is 471 g/mol. The lowest BCUT2D eigenvalue weighted by atomic mass is 10.0. The first kappa shape index (κ1) is 23.6. The summed E-state index contributed by atoms with van der Waals surface area (Å²) in [5, 5.41) is 2.14. The fourth-order valence-electron chi connectivity index (χ4n) is 4.95. The van der Waals surface area contributed by atoms with E-state index in [1.165, 1.54) is 12.8 Å². The first-order valence-electron chi connectivity index (χ1n) is 13.0. The number of nitrogens with zero attached hydrogens (tertiary/aromatic N) is 3. The van der Waals surface area contributed by atoms with Crippen LogP contribution in [0.25, 0.3) is 33.1 Å². The van der Waals surface area contributed by atoms with Crippen LogP contribution in [0.15, 0.2) is 48.5 Å².